The maximum atomic E-state index is 12.2. The van der Waals surface area contributed by atoms with E-state index in [4.69, 9.17) is 4.74 Å². The van der Waals surface area contributed by atoms with Crippen LogP contribution in [-0.2, 0) is 27.2 Å². The molecule has 0 radical (unpaired) electrons. The number of nitrogens with one attached hydrogen (secondary N) is 2. The summed E-state index contributed by atoms with van der Waals surface area (Å²) in [5.41, 5.74) is 1.93. The zero-order valence-corrected chi connectivity index (χ0v) is 18.7. The molecule has 1 aromatic carbocycles. The number of hydrogen-bond acceptors (Lipinski definition) is 6. The maximum absolute atomic E-state index is 12.2. The minimum Gasteiger partial charge on any atom is -0.454 e. The van der Waals surface area contributed by atoms with Crippen molar-refractivity contribution < 1.29 is 19.1 Å². The van der Waals surface area contributed by atoms with Crippen LogP contribution < -0.4 is 10.6 Å². The van der Waals surface area contributed by atoms with Gasteiger partial charge in [0.15, 0.2) is 6.61 Å². The van der Waals surface area contributed by atoms with E-state index in [0.29, 0.717) is 22.0 Å². The van der Waals surface area contributed by atoms with Crippen molar-refractivity contribution in [3.8, 4) is 6.07 Å². The molecular formula is C21H20BrN3O4S. The van der Waals surface area contributed by atoms with E-state index in [-0.39, 0.29) is 6.54 Å². The second kappa shape index (κ2) is 9.87. The molecule has 1 unspecified atom stereocenters. The van der Waals surface area contributed by atoms with Gasteiger partial charge in [0.1, 0.15) is 17.6 Å². The Hall–Kier alpha value is -2.70. The van der Waals surface area contributed by atoms with Gasteiger partial charge in [-0.1, -0.05) is 22.9 Å². The number of esters is 1. The predicted octanol–water partition coefficient (Wildman–Crippen LogP) is 3.42. The van der Waals surface area contributed by atoms with E-state index in [1.807, 2.05) is 0 Å². The third-order valence-electron chi connectivity index (χ3n) is 4.74. The molecule has 0 saturated carbocycles. The number of ether oxygens (including phenoxy) is 1. The average molecular weight is 490 g/mol. The average Bonchev–Trinajstić information content (AvgIpc) is 3.06. The minimum absolute atomic E-state index is 0.350. The van der Waals surface area contributed by atoms with Gasteiger partial charge >= 0.3 is 5.97 Å². The Bertz CT molecular complexity index is 1010. The highest BCUT2D eigenvalue weighted by molar-refractivity contribution is 9.10. The van der Waals surface area contributed by atoms with Crippen molar-refractivity contribution in [1.82, 2.24) is 5.32 Å². The fraction of sp³-hybridized carbons (Fsp3) is 0.333. The summed E-state index contributed by atoms with van der Waals surface area (Å²) in [5, 5.41) is 15.1. The van der Waals surface area contributed by atoms with Crippen molar-refractivity contribution >= 4 is 50.1 Å². The molecule has 9 heteroatoms. The van der Waals surface area contributed by atoms with Crippen molar-refractivity contribution in [2.24, 2.45) is 5.92 Å². The third-order valence-corrected chi connectivity index (χ3v) is 6.44. The molecule has 0 aliphatic heterocycles. The highest BCUT2D eigenvalue weighted by atomic mass is 79.9. The number of hydrogen-bond donors (Lipinski definition) is 2. The van der Waals surface area contributed by atoms with Crippen molar-refractivity contribution in [3.63, 3.8) is 0 Å². The van der Waals surface area contributed by atoms with E-state index in [2.05, 4.69) is 39.6 Å². The number of thiophene rings is 1. The number of nitrogens with zero attached hydrogens (tertiary/aromatic N) is 1. The van der Waals surface area contributed by atoms with E-state index in [0.717, 1.165) is 34.2 Å². The summed E-state index contributed by atoms with van der Waals surface area (Å²) in [5.74, 6) is -1.11. The van der Waals surface area contributed by atoms with Gasteiger partial charge in [-0.3, -0.25) is 14.4 Å². The summed E-state index contributed by atoms with van der Waals surface area (Å²) in [7, 11) is 0. The van der Waals surface area contributed by atoms with Gasteiger partial charge in [-0.15, -0.1) is 11.3 Å². The summed E-state index contributed by atoms with van der Waals surface area (Å²) in [6, 6.07) is 8.85. The van der Waals surface area contributed by atoms with Crippen LogP contribution in [0.5, 0.6) is 0 Å². The molecule has 0 fully saturated rings. The van der Waals surface area contributed by atoms with Crippen LogP contribution >= 0.6 is 27.3 Å². The summed E-state index contributed by atoms with van der Waals surface area (Å²) in [4.78, 5) is 37.1. The molecule has 2 aromatic rings. The SMILES string of the molecule is CC1CCc2c(sc(NC(=O)COC(=O)CNC(=O)c3ccc(Br)cc3)c2C#N)C1. The summed E-state index contributed by atoms with van der Waals surface area (Å²) >= 11 is 4.69. The predicted molar refractivity (Wildman–Crippen MR) is 116 cm³/mol. The number of anilines is 1. The fourth-order valence-corrected chi connectivity index (χ4v) is 4.81. The Morgan fingerprint density at radius 1 is 1.30 bits per heavy atom. The number of carbonyl (C=O) groups excluding carboxylic acids is 3. The minimum atomic E-state index is -0.726. The first kappa shape index (κ1) is 22.0. The number of nitriles is 1. The summed E-state index contributed by atoms with van der Waals surface area (Å²) in [6.07, 6.45) is 2.76. The highest BCUT2D eigenvalue weighted by Gasteiger charge is 2.24. The molecule has 2 amide bonds. The number of amides is 2. The Kier molecular flexibility index (Phi) is 7.24. The summed E-state index contributed by atoms with van der Waals surface area (Å²) < 4.78 is 5.76. The number of fused-ring (bicyclic) bond motifs is 1. The van der Waals surface area contributed by atoms with Crippen molar-refractivity contribution in [2.45, 2.75) is 26.2 Å². The largest absolute Gasteiger partial charge is 0.454 e. The van der Waals surface area contributed by atoms with Gasteiger partial charge in [0.05, 0.1) is 5.56 Å². The van der Waals surface area contributed by atoms with Crippen LogP contribution in [0, 0.1) is 17.2 Å². The Morgan fingerprint density at radius 2 is 2.03 bits per heavy atom. The van der Waals surface area contributed by atoms with Crippen LogP contribution in [0.2, 0.25) is 0 Å². The highest BCUT2D eigenvalue weighted by Crippen LogP contribution is 2.39. The lowest BCUT2D eigenvalue weighted by atomic mass is 9.89. The molecule has 1 atom stereocenters. The molecule has 3 rings (SSSR count). The van der Waals surface area contributed by atoms with Crippen molar-refractivity contribution in [3.05, 3.63) is 50.3 Å². The second-order valence-corrected chi connectivity index (χ2v) is 9.09. The quantitative estimate of drug-likeness (QED) is 0.604. The van der Waals surface area contributed by atoms with Crippen molar-refractivity contribution in [1.29, 1.82) is 5.26 Å². The Morgan fingerprint density at radius 3 is 2.73 bits per heavy atom. The van der Waals surface area contributed by atoms with E-state index in [9.17, 15) is 19.6 Å². The molecule has 0 saturated heterocycles. The molecule has 30 heavy (non-hydrogen) atoms. The molecule has 156 valence electrons. The second-order valence-electron chi connectivity index (χ2n) is 7.07. The molecule has 0 spiro atoms. The molecule has 0 bridgehead atoms. The van der Waals surface area contributed by atoms with E-state index in [1.165, 1.54) is 11.3 Å². The number of benzene rings is 1. The lowest BCUT2D eigenvalue weighted by Gasteiger charge is -2.17. The summed E-state index contributed by atoms with van der Waals surface area (Å²) in [6.45, 7) is 1.33. The van der Waals surface area contributed by atoms with Gasteiger partial charge < -0.3 is 15.4 Å². The lowest BCUT2D eigenvalue weighted by Crippen LogP contribution is -2.32. The van der Waals surface area contributed by atoms with Gasteiger partial charge in [0, 0.05) is 14.9 Å². The molecule has 1 heterocycles. The van der Waals surface area contributed by atoms with Gasteiger partial charge in [-0.25, -0.2) is 0 Å². The van der Waals surface area contributed by atoms with Gasteiger partial charge in [0.2, 0.25) is 0 Å². The lowest BCUT2D eigenvalue weighted by molar-refractivity contribution is -0.146. The van der Waals surface area contributed by atoms with E-state index in [1.54, 1.807) is 24.3 Å². The monoisotopic (exact) mass is 489 g/mol. The van der Waals surface area contributed by atoms with Crippen LogP contribution in [0.3, 0.4) is 0 Å². The zero-order chi connectivity index (χ0) is 21.7. The van der Waals surface area contributed by atoms with Crippen LogP contribution in [0.4, 0.5) is 5.00 Å². The molecule has 2 N–H and O–H groups in total. The molecular weight excluding hydrogens is 470 g/mol. The van der Waals surface area contributed by atoms with Crippen LogP contribution in [-0.4, -0.2) is 30.9 Å². The normalized spacial score (nSPS) is 14.9. The number of carbonyl (C=O) groups is 3. The maximum Gasteiger partial charge on any atom is 0.325 e. The first-order valence-corrected chi connectivity index (χ1v) is 11.0. The fourth-order valence-electron chi connectivity index (χ4n) is 3.17. The molecule has 1 aliphatic carbocycles. The topological polar surface area (TPSA) is 108 Å². The third kappa shape index (κ3) is 5.46. The zero-order valence-electron chi connectivity index (χ0n) is 16.3. The van der Waals surface area contributed by atoms with Crippen LogP contribution in [0.15, 0.2) is 28.7 Å². The molecule has 7 nitrogen and oxygen atoms in total. The molecule has 1 aromatic heterocycles. The van der Waals surface area contributed by atoms with Crippen LogP contribution in [0.1, 0.15) is 39.7 Å². The van der Waals surface area contributed by atoms with Crippen LogP contribution in [0.25, 0.3) is 0 Å². The molecule has 1 aliphatic rings. The smallest absolute Gasteiger partial charge is 0.325 e. The Labute approximate surface area is 186 Å². The van der Waals surface area contributed by atoms with Gasteiger partial charge in [-0.2, -0.15) is 5.26 Å². The standard InChI is InChI=1S/C21H20BrN3O4S/c1-12-2-7-15-16(9-23)21(30-17(15)8-12)25-18(26)11-29-19(27)10-24-20(28)13-3-5-14(22)6-4-13/h3-6,12H,2,7-8,10-11H2,1H3,(H,24,28)(H,25,26). The van der Waals surface area contributed by atoms with Gasteiger partial charge in [-0.05, 0) is 55.0 Å². The van der Waals surface area contributed by atoms with Gasteiger partial charge in [0.25, 0.3) is 11.8 Å². The van der Waals surface area contributed by atoms with E-state index < -0.39 is 24.4 Å². The van der Waals surface area contributed by atoms with Crippen molar-refractivity contribution in [2.75, 3.05) is 18.5 Å². The Balaban J connectivity index is 1.48. The van der Waals surface area contributed by atoms with E-state index >= 15 is 0 Å². The first-order chi connectivity index (χ1) is 14.4. The number of halogens is 1. The first-order valence-electron chi connectivity index (χ1n) is 9.41. The number of rotatable bonds is 6.